The van der Waals surface area contributed by atoms with Crippen molar-refractivity contribution in [2.24, 2.45) is 0 Å². The Morgan fingerprint density at radius 1 is 1.00 bits per heavy atom. The van der Waals surface area contributed by atoms with E-state index < -0.39 is 11.8 Å². The van der Waals surface area contributed by atoms with E-state index in [0.717, 1.165) is 6.92 Å². The third-order valence-corrected chi connectivity index (χ3v) is 3.28. The number of halogens is 4. The summed E-state index contributed by atoms with van der Waals surface area (Å²) in [7, 11) is 0. The van der Waals surface area contributed by atoms with Crippen LogP contribution in [0.1, 0.15) is 12.5 Å². The minimum atomic E-state index is -4.75. The average molecular weight is 275 g/mol. The topological polar surface area (TPSA) is 20.2 Å². The Kier molecular flexibility index (Phi) is 3.03. The molecule has 1 N–H and O–H groups in total. The zero-order chi connectivity index (χ0) is 13.6. The van der Waals surface area contributed by atoms with Gasteiger partial charge in [0.05, 0.1) is 0 Å². The largest absolute Gasteiger partial charge is 0.421 e. The molecule has 0 saturated carbocycles. The van der Waals surface area contributed by atoms with Crippen LogP contribution in [0.3, 0.4) is 0 Å². The molecule has 0 bridgehead atoms. The summed E-state index contributed by atoms with van der Waals surface area (Å²) in [5.74, 6) is 0. The molecule has 1 atom stereocenters. The molecule has 0 amide bonds. The van der Waals surface area contributed by atoms with Gasteiger partial charge < -0.3 is 5.11 Å². The van der Waals surface area contributed by atoms with Crippen molar-refractivity contribution in [1.29, 1.82) is 0 Å². The molecule has 0 fully saturated rings. The minimum Gasteiger partial charge on any atom is -0.376 e. The molecule has 0 saturated heterocycles. The molecule has 96 valence electrons. The van der Waals surface area contributed by atoms with E-state index in [0.29, 0.717) is 15.8 Å². The van der Waals surface area contributed by atoms with Gasteiger partial charge in [-0.2, -0.15) is 13.2 Å². The fraction of sp³-hybridized carbons (Fsp3) is 0.231. The highest BCUT2D eigenvalue weighted by Crippen LogP contribution is 2.42. The monoisotopic (exact) mass is 274 g/mol. The normalized spacial score (nSPS) is 15.7. The molecule has 0 spiro atoms. The van der Waals surface area contributed by atoms with Crippen molar-refractivity contribution in [3.63, 3.8) is 0 Å². The lowest BCUT2D eigenvalue weighted by atomic mass is 9.90. The molecule has 1 unspecified atom stereocenters. The van der Waals surface area contributed by atoms with E-state index in [1.807, 2.05) is 0 Å². The highest BCUT2D eigenvalue weighted by Gasteiger charge is 2.51. The van der Waals surface area contributed by atoms with Gasteiger partial charge in [-0.3, -0.25) is 0 Å². The van der Waals surface area contributed by atoms with Crippen molar-refractivity contribution < 1.29 is 18.3 Å². The fourth-order valence-electron chi connectivity index (χ4n) is 1.84. The maximum Gasteiger partial charge on any atom is 0.421 e. The highest BCUT2D eigenvalue weighted by molar-refractivity contribution is 6.35. The number of aliphatic hydroxyl groups is 1. The van der Waals surface area contributed by atoms with Gasteiger partial charge in [0.25, 0.3) is 0 Å². The van der Waals surface area contributed by atoms with Crippen molar-refractivity contribution >= 4 is 22.4 Å². The van der Waals surface area contributed by atoms with Crippen molar-refractivity contribution in [2.75, 3.05) is 0 Å². The first-order valence-corrected chi connectivity index (χ1v) is 5.60. The van der Waals surface area contributed by atoms with Crippen LogP contribution in [-0.2, 0) is 5.60 Å². The van der Waals surface area contributed by atoms with Crippen LogP contribution in [0.25, 0.3) is 10.8 Å². The predicted octanol–water partition coefficient (Wildman–Crippen LogP) is 4.26. The zero-order valence-electron chi connectivity index (χ0n) is 9.42. The Labute approximate surface area is 107 Å². The first-order valence-electron chi connectivity index (χ1n) is 5.22. The van der Waals surface area contributed by atoms with Crippen LogP contribution in [0.4, 0.5) is 13.2 Å². The summed E-state index contributed by atoms with van der Waals surface area (Å²) >= 11 is 5.93. The molecular formula is C13H10ClF3O. The predicted molar refractivity (Wildman–Crippen MR) is 64.6 cm³/mol. The van der Waals surface area contributed by atoms with Crippen molar-refractivity contribution in [3.8, 4) is 0 Å². The van der Waals surface area contributed by atoms with Gasteiger partial charge in [-0.05, 0) is 18.4 Å². The van der Waals surface area contributed by atoms with Gasteiger partial charge >= 0.3 is 6.18 Å². The lowest BCUT2D eigenvalue weighted by Gasteiger charge is -2.28. The Balaban J connectivity index is 2.78. The Hall–Kier alpha value is -1.26. The molecule has 0 aromatic heterocycles. The summed E-state index contributed by atoms with van der Waals surface area (Å²) in [5.41, 5.74) is -3.10. The van der Waals surface area contributed by atoms with Crippen molar-refractivity contribution in [1.82, 2.24) is 0 Å². The summed E-state index contributed by atoms with van der Waals surface area (Å²) in [6, 6.07) is 8.98. The van der Waals surface area contributed by atoms with E-state index in [4.69, 9.17) is 11.6 Å². The van der Waals surface area contributed by atoms with E-state index in [1.54, 1.807) is 18.2 Å². The molecule has 2 rings (SSSR count). The lowest BCUT2D eigenvalue weighted by Crippen LogP contribution is -2.39. The summed E-state index contributed by atoms with van der Waals surface area (Å²) in [6.45, 7) is 0.739. The van der Waals surface area contributed by atoms with Gasteiger partial charge in [0, 0.05) is 16.0 Å². The second-order valence-electron chi connectivity index (χ2n) is 4.21. The fourth-order valence-corrected chi connectivity index (χ4v) is 2.07. The summed E-state index contributed by atoms with van der Waals surface area (Å²) in [4.78, 5) is 0. The number of rotatable bonds is 1. The smallest absolute Gasteiger partial charge is 0.376 e. The standard InChI is InChI=1S/C13H10ClF3O/c1-12(18,13(15,16)17)10-6-7-11(14)9-5-3-2-4-8(9)10/h2-7,18H,1H3. The van der Waals surface area contributed by atoms with Gasteiger partial charge in [0.15, 0.2) is 5.60 Å². The van der Waals surface area contributed by atoms with E-state index in [-0.39, 0.29) is 5.56 Å². The Bertz CT molecular complexity index is 590. The van der Waals surface area contributed by atoms with Gasteiger partial charge in [-0.25, -0.2) is 0 Å². The first-order chi connectivity index (χ1) is 8.25. The van der Waals surface area contributed by atoms with Gasteiger partial charge in [0.2, 0.25) is 0 Å². The van der Waals surface area contributed by atoms with E-state index in [9.17, 15) is 18.3 Å². The summed E-state index contributed by atoms with van der Waals surface area (Å²) < 4.78 is 38.6. The van der Waals surface area contributed by atoms with Crippen LogP contribution < -0.4 is 0 Å². The zero-order valence-corrected chi connectivity index (χ0v) is 10.2. The van der Waals surface area contributed by atoms with Crippen molar-refractivity contribution in [3.05, 3.63) is 47.0 Å². The molecule has 1 nitrogen and oxygen atoms in total. The quantitative estimate of drug-likeness (QED) is 0.824. The summed E-state index contributed by atoms with van der Waals surface area (Å²) in [5, 5.41) is 10.9. The second kappa shape index (κ2) is 4.14. The molecule has 2 aromatic rings. The van der Waals surface area contributed by atoms with Gasteiger partial charge in [-0.1, -0.05) is 41.9 Å². The van der Waals surface area contributed by atoms with E-state index in [1.165, 1.54) is 18.2 Å². The minimum absolute atomic E-state index is 0.199. The summed E-state index contributed by atoms with van der Waals surface area (Å²) in [6.07, 6.45) is -4.75. The molecule has 0 radical (unpaired) electrons. The number of hydrogen-bond acceptors (Lipinski definition) is 1. The van der Waals surface area contributed by atoms with Crippen LogP contribution in [0.5, 0.6) is 0 Å². The second-order valence-corrected chi connectivity index (χ2v) is 4.62. The van der Waals surface area contributed by atoms with Crippen LogP contribution in [0, 0.1) is 0 Å². The molecule has 0 aliphatic rings. The SMILES string of the molecule is CC(O)(c1ccc(Cl)c2ccccc12)C(F)(F)F. The van der Waals surface area contributed by atoms with Crippen LogP contribution in [0.2, 0.25) is 5.02 Å². The molecule has 0 aliphatic heterocycles. The molecule has 0 aliphatic carbocycles. The maximum absolute atomic E-state index is 12.9. The molecular weight excluding hydrogens is 265 g/mol. The van der Waals surface area contributed by atoms with E-state index >= 15 is 0 Å². The third-order valence-electron chi connectivity index (χ3n) is 2.95. The number of benzene rings is 2. The third kappa shape index (κ3) is 1.95. The van der Waals surface area contributed by atoms with Crippen molar-refractivity contribution in [2.45, 2.75) is 18.7 Å². The maximum atomic E-state index is 12.9. The van der Waals surface area contributed by atoms with Gasteiger partial charge in [-0.15, -0.1) is 0 Å². The van der Waals surface area contributed by atoms with Crippen LogP contribution in [0.15, 0.2) is 36.4 Å². The molecule has 18 heavy (non-hydrogen) atoms. The number of alkyl halides is 3. The Morgan fingerprint density at radius 2 is 1.56 bits per heavy atom. The molecule has 5 heteroatoms. The van der Waals surface area contributed by atoms with Gasteiger partial charge in [0.1, 0.15) is 0 Å². The molecule has 0 heterocycles. The first kappa shape index (κ1) is 13.2. The van der Waals surface area contributed by atoms with Crippen LogP contribution >= 0.6 is 11.6 Å². The van der Waals surface area contributed by atoms with Crippen LogP contribution in [-0.4, -0.2) is 11.3 Å². The molecule has 2 aromatic carbocycles. The average Bonchev–Trinajstić information content (AvgIpc) is 2.28. The number of hydrogen-bond donors (Lipinski definition) is 1. The number of fused-ring (bicyclic) bond motifs is 1. The lowest BCUT2D eigenvalue weighted by molar-refractivity contribution is -0.258. The Morgan fingerprint density at radius 3 is 2.11 bits per heavy atom. The highest BCUT2D eigenvalue weighted by atomic mass is 35.5. The van der Waals surface area contributed by atoms with E-state index in [2.05, 4.69) is 0 Å².